The highest BCUT2D eigenvalue weighted by molar-refractivity contribution is 5.98. The lowest BCUT2D eigenvalue weighted by molar-refractivity contribution is 0.0649. The predicted octanol–water partition coefficient (Wildman–Crippen LogP) is 4.19. The van der Waals surface area contributed by atoms with E-state index in [4.69, 9.17) is 0 Å². The van der Waals surface area contributed by atoms with Crippen LogP contribution in [0.2, 0.25) is 0 Å². The normalized spacial score (nSPS) is 14.7. The first kappa shape index (κ1) is 19.9. The first-order valence-corrected chi connectivity index (χ1v) is 9.83. The van der Waals surface area contributed by atoms with Crippen molar-refractivity contribution in [3.8, 4) is 5.69 Å². The van der Waals surface area contributed by atoms with Gasteiger partial charge in [0.2, 0.25) is 0 Å². The molecule has 1 aromatic heterocycles. The second kappa shape index (κ2) is 8.18. The van der Waals surface area contributed by atoms with Gasteiger partial charge in [0.15, 0.2) is 5.78 Å². The van der Waals surface area contributed by atoms with Crippen LogP contribution in [0.4, 0.5) is 8.78 Å². The standard InChI is InChI=1S/C23H21F2N3O2/c1-15-8-11-26-28(15)19-5-2-17(3-6-19)23(30)27-12-9-16(10-13-27)22(29)20-14-18(24)4-7-21(20)25/h2-8,11,14,16H,9-10,12-13H2,1H3. The summed E-state index contributed by atoms with van der Waals surface area (Å²) < 4.78 is 29.1. The highest BCUT2D eigenvalue weighted by atomic mass is 19.1. The Kier molecular flexibility index (Phi) is 5.44. The molecule has 4 rings (SSSR count). The lowest BCUT2D eigenvalue weighted by Crippen LogP contribution is -2.40. The Morgan fingerprint density at radius 3 is 2.33 bits per heavy atom. The van der Waals surface area contributed by atoms with E-state index >= 15 is 0 Å². The molecule has 1 fully saturated rings. The molecule has 0 aliphatic carbocycles. The Bertz CT molecular complexity index is 1080. The van der Waals surface area contributed by atoms with E-state index in [0.29, 0.717) is 31.5 Å². The van der Waals surface area contributed by atoms with Gasteiger partial charge in [-0.15, -0.1) is 0 Å². The van der Waals surface area contributed by atoms with Crippen LogP contribution >= 0.6 is 0 Å². The van der Waals surface area contributed by atoms with Crippen molar-refractivity contribution in [3.63, 3.8) is 0 Å². The zero-order chi connectivity index (χ0) is 21.3. The number of aryl methyl sites for hydroxylation is 1. The molecule has 0 spiro atoms. The van der Waals surface area contributed by atoms with E-state index in [9.17, 15) is 18.4 Å². The van der Waals surface area contributed by atoms with Crippen LogP contribution in [0.15, 0.2) is 54.7 Å². The Morgan fingerprint density at radius 1 is 1.00 bits per heavy atom. The monoisotopic (exact) mass is 409 g/mol. The molecular weight excluding hydrogens is 388 g/mol. The summed E-state index contributed by atoms with van der Waals surface area (Å²) in [5.74, 6) is -2.29. The van der Waals surface area contributed by atoms with E-state index in [-0.39, 0.29) is 11.5 Å². The number of amides is 1. The number of carbonyl (C=O) groups is 2. The maximum atomic E-state index is 13.9. The lowest BCUT2D eigenvalue weighted by Gasteiger charge is -2.31. The molecule has 1 saturated heterocycles. The van der Waals surface area contributed by atoms with Crippen LogP contribution in [0, 0.1) is 24.5 Å². The maximum Gasteiger partial charge on any atom is 0.253 e. The highest BCUT2D eigenvalue weighted by Crippen LogP contribution is 2.25. The fourth-order valence-electron chi connectivity index (χ4n) is 3.82. The third-order valence-electron chi connectivity index (χ3n) is 5.54. The second-order valence-corrected chi connectivity index (χ2v) is 7.49. The molecule has 5 nitrogen and oxygen atoms in total. The van der Waals surface area contributed by atoms with Gasteiger partial charge in [-0.3, -0.25) is 9.59 Å². The van der Waals surface area contributed by atoms with Gasteiger partial charge in [0.25, 0.3) is 5.91 Å². The largest absolute Gasteiger partial charge is 0.339 e. The fraction of sp³-hybridized carbons (Fsp3) is 0.261. The van der Waals surface area contributed by atoms with E-state index in [1.165, 1.54) is 0 Å². The molecule has 3 aromatic rings. The van der Waals surface area contributed by atoms with Crippen molar-refractivity contribution in [2.45, 2.75) is 19.8 Å². The summed E-state index contributed by atoms with van der Waals surface area (Å²) in [5.41, 5.74) is 2.21. The number of ketones is 1. The fourth-order valence-corrected chi connectivity index (χ4v) is 3.82. The number of benzene rings is 2. The minimum absolute atomic E-state index is 0.110. The van der Waals surface area contributed by atoms with E-state index in [1.54, 1.807) is 27.9 Å². The number of Topliss-reactive ketones (excluding diaryl/α,β-unsaturated/α-hetero) is 1. The molecule has 154 valence electrons. The summed E-state index contributed by atoms with van der Waals surface area (Å²) in [7, 11) is 0. The van der Waals surface area contributed by atoms with Gasteiger partial charge in [-0.2, -0.15) is 5.10 Å². The minimum atomic E-state index is -0.715. The Balaban J connectivity index is 1.40. The van der Waals surface area contributed by atoms with Gasteiger partial charge in [0, 0.05) is 36.5 Å². The zero-order valence-corrected chi connectivity index (χ0v) is 16.5. The van der Waals surface area contributed by atoms with Crippen LogP contribution in [0.25, 0.3) is 5.69 Å². The molecule has 0 radical (unpaired) electrons. The number of likely N-dealkylation sites (tertiary alicyclic amines) is 1. The number of carbonyl (C=O) groups excluding carboxylic acids is 2. The summed E-state index contributed by atoms with van der Waals surface area (Å²) in [6.45, 7) is 2.74. The molecule has 30 heavy (non-hydrogen) atoms. The SMILES string of the molecule is Cc1ccnn1-c1ccc(C(=O)N2CCC(C(=O)c3cc(F)ccc3F)CC2)cc1. The van der Waals surface area contributed by atoms with Gasteiger partial charge < -0.3 is 4.90 Å². The van der Waals surface area contributed by atoms with Crippen LogP contribution in [0.3, 0.4) is 0 Å². The van der Waals surface area contributed by atoms with Crippen molar-refractivity contribution in [1.29, 1.82) is 0 Å². The number of hydrogen-bond donors (Lipinski definition) is 0. The van der Waals surface area contributed by atoms with Gasteiger partial charge in [-0.05, 0) is 68.3 Å². The Labute approximate surface area is 172 Å². The molecule has 0 N–H and O–H groups in total. The third-order valence-corrected chi connectivity index (χ3v) is 5.54. The molecule has 7 heteroatoms. The zero-order valence-electron chi connectivity index (χ0n) is 16.5. The average Bonchev–Trinajstić information content (AvgIpc) is 3.20. The first-order valence-electron chi connectivity index (χ1n) is 9.83. The lowest BCUT2D eigenvalue weighted by atomic mass is 9.88. The van der Waals surface area contributed by atoms with Crippen molar-refractivity contribution in [2.24, 2.45) is 5.92 Å². The van der Waals surface area contributed by atoms with Crippen LogP contribution in [-0.2, 0) is 0 Å². The smallest absolute Gasteiger partial charge is 0.253 e. The van der Waals surface area contributed by atoms with Gasteiger partial charge in [-0.25, -0.2) is 13.5 Å². The van der Waals surface area contributed by atoms with Crippen LogP contribution in [0.1, 0.15) is 39.3 Å². The van der Waals surface area contributed by atoms with Crippen LogP contribution in [0.5, 0.6) is 0 Å². The molecule has 2 heterocycles. The summed E-state index contributed by atoms with van der Waals surface area (Å²) in [6.07, 6.45) is 2.56. The number of aromatic nitrogens is 2. The molecule has 0 atom stereocenters. The third kappa shape index (κ3) is 3.87. The van der Waals surface area contributed by atoms with Crippen molar-refractivity contribution in [1.82, 2.24) is 14.7 Å². The number of nitrogens with zero attached hydrogens (tertiary/aromatic N) is 3. The van der Waals surface area contributed by atoms with Gasteiger partial charge in [0.1, 0.15) is 11.6 Å². The number of rotatable bonds is 4. The van der Waals surface area contributed by atoms with Gasteiger partial charge in [-0.1, -0.05) is 0 Å². The number of hydrogen-bond acceptors (Lipinski definition) is 3. The minimum Gasteiger partial charge on any atom is -0.339 e. The number of piperidine rings is 1. The summed E-state index contributed by atoms with van der Waals surface area (Å²) in [5, 5.41) is 4.25. The maximum absolute atomic E-state index is 13.9. The quantitative estimate of drug-likeness (QED) is 0.607. The molecular formula is C23H21F2N3O2. The summed E-state index contributed by atoms with van der Waals surface area (Å²) in [6, 6.07) is 12.0. The molecule has 1 aliphatic heterocycles. The van der Waals surface area contributed by atoms with Crippen molar-refractivity contribution in [2.75, 3.05) is 13.1 Å². The molecule has 2 aromatic carbocycles. The van der Waals surface area contributed by atoms with Crippen LogP contribution < -0.4 is 0 Å². The predicted molar refractivity (Wildman–Crippen MR) is 108 cm³/mol. The van der Waals surface area contributed by atoms with E-state index in [1.807, 2.05) is 25.1 Å². The Morgan fingerprint density at radius 2 is 1.70 bits per heavy atom. The molecule has 1 aliphatic rings. The second-order valence-electron chi connectivity index (χ2n) is 7.49. The average molecular weight is 409 g/mol. The van der Waals surface area contributed by atoms with Crippen molar-refractivity contribution < 1.29 is 18.4 Å². The topological polar surface area (TPSA) is 55.2 Å². The first-order chi connectivity index (χ1) is 14.4. The van der Waals surface area contributed by atoms with Gasteiger partial charge in [0.05, 0.1) is 11.3 Å². The summed E-state index contributed by atoms with van der Waals surface area (Å²) in [4.78, 5) is 27.1. The van der Waals surface area contributed by atoms with E-state index < -0.39 is 23.3 Å². The number of halogens is 2. The van der Waals surface area contributed by atoms with Gasteiger partial charge >= 0.3 is 0 Å². The highest BCUT2D eigenvalue weighted by Gasteiger charge is 2.29. The molecule has 1 amide bonds. The van der Waals surface area contributed by atoms with Crippen molar-refractivity contribution in [3.05, 3.63) is 83.2 Å². The van der Waals surface area contributed by atoms with E-state index in [2.05, 4.69) is 5.10 Å². The molecule has 0 unspecified atom stereocenters. The Hall–Kier alpha value is -3.35. The van der Waals surface area contributed by atoms with Crippen LogP contribution in [-0.4, -0.2) is 39.5 Å². The molecule has 0 bridgehead atoms. The van der Waals surface area contributed by atoms with E-state index in [0.717, 1.165) is 29.6 Å². The molecule has 0 saturated carbocycles. The van der Waals surface area contributed by atoms with Crippen molar-refractivity contribution >= 4 is 11.7 Å². The summed E-state index contributed by atoms with van der Waals surface area (Å²) >= 11 is 0.